The number of ether oxygens (including phenoxy) is 1. The van der Waals surface area contributed by atoms with Crippen molar-refractivity contribution in [2.24, 2.45) is 5.41 Å². The molecule has 0 radical (unpaired) electrons. The van der Waals surface area contributed by atoms with Gasteiger partial charge < -0.3 is 10.1 Å². The van der Waals surface area contributed by atoms with E-state index < -0.39 is 10.0 Å². The molecular formula is C22H37N3O4S. The first-order chi connectivity index (χ1) is 14.0. The predicted octanol–water partition coefficient (Wildman–Crippen LogP) is 3.56. The van der Waals surface area contributed by atoms with Crippen LogP contribution in [0.4, 0.5) is 5.69 Å². The topological polar surface area (TPSA) is 79.0 Å². The summed E-state index contributed by atoms with van der Waals surface area (Å²) in [7, 11) is -0.197. The van der Waals surface area contributed by atoms with Gasteiger partial charge in [0.1, 0.15) is 5.75 Å². The highest BCUT2D eigenvalue weighted by Gasteiger charge is 2.27. The van der Waals surface area contributed by atoms with E-state index in [9.17, 15) is 13.2 Å². The van der Waals surface area contributed by atoms with Crippen LogP contribution in [0.15, 0.2) is 23.1 Å². The third kappa shape index (κ3) is 6.18. The Labute approximate surface area is 181 Å². The van der Waals surface area contributed by atoms with Crippen LogP contribution < -0.4 is 10.1 Å². The average molecular weight is 440 g/mol. The minimum atomic E-state index is -3.61. The second-order valence-electron chi connectivity index (χ2n) is 9.19. The molecule has 1 unspecified atom stereocenters. The summed E-state index contributed by atoms with van der Waals surface area (Å²) in [6.45, 7) is 9.74. The molecule has 1 aliphatic heterocycles. The first-order valence-corrected chi connectivity index (χ1v) is 12.1. The highest BCUT2D eigenvalue weighted by atomic mass is 32.2. The Bertz CT molecular complexity index is 825. The zero-order valence-corrected chi connectivity index (χ0v) is 20.0. The Morgan fingerprint density at radius 1 is 1.20 bits per heavy atom. The quantitative estimate of drug-likeness (QED) is 0.703. The number of rotatable bonds is 7. The van der Waals surface area contributed by atoms with Gasteiger partial charge in [-0.2, -0.15) is 4.31 Å². The van der Waals surface area contributed by atoms with Gasteiger partial charge >= 0.3 is 0 Å². The van der Waals surface area contributed by atoms with Gasteiger partial charge in [-0.05, 0) is 50.4 Å². The van der Waals surface area contributed by atoms with Crippen LogP contribution in [-0.2, 0) is 14.8 Å². The van der Waals surface area contributed by atoms with Crippen LogP contribution in [0.1, 0.15) is 53.4 Å². The smallest absolute Gasteiger partial charge is 0.243 e. The van der Waals surface area contributed by atoms with Crippen molar-refractivity contribution in [1.82, 2.24) is 9.21 Å². The molecule has 1 aromatic carbocycles. The van der Waals surface area contributed by atoms with Crippen molar-refractivity contribution in [2.75, 3.05) is 39.1 Å². The van der Waals surface area contributed by atoms with E-state index in [0.29, 0.717) is 24.5 Å². The molecule has 2 rings (SSSR count). The van der Waals surface area contributed by atoms with Crippen LogP contribution in [0.25, 0.3) is 0 Å². The molecule has 8 heteroatoms. The zero-order valence-electron chi connectivity index (χ0n) is 19.2. The minimum Gasteiger partial charge on any atom is -0.495 e. The maximum Gasteiger partial charge on any atom is 0.243 e. The molecule has 1 fully saturated rings. The maximum atomic E-state index is 13.1. The molecule has 0 aliphatic carbocycles. The lowest BCUT2D eigenvalue weighted by atomic mass is 9.87. The lowest BCUT2D eigenvalue weighted by Gasteiger charge is -2.34. The number of carbonyl (C=O) groups excluding carboxylic acids is 1. The largest absolute Gasteiger partial charge is 0.495 e. The fourth-order valence-corrected chi connectivity index (χ4v) is 5.13. The summed E-state index contributed by atoms with van der Waals surface area (Å²) < 4.78 is 33.1. The Balaban J connectivity index is 2.20. The number of amides is 1. The number of nitrogens with zero attached hydrogens (tertiary/aromatic N) is 2. The molecule has 0 aromatic heterocycles. The summed E-state index contributed by atoms with van der Waals surface area (Å²) >= 11 is 0. The van der Waals surface area contributed by atoms with E-state index in [0.717, 1.165) is 25.7 Å². The molecule has 1 saturated heterocycles. The number of likely N-dealkylation sites (N-methyl/N-ethyl adjacent to an activating group) is 1. The van der Waals surface area contributed by atoms with E-state index in [4.69, 9.17) is 4.74 Å². The fourth-order valence-electron chi connectivity index (χ4n) is 3.59. The lowest BCUT2D eigenvalue weighted by molar-refractivity contribution is -0.117. The summed E-state index contributed by atoms with van der Waals surface area (Å²) in [6, 6.07) is 4.84. The van der Waals surface area contributed by atoms with Crippen LogP contribution in [-0.4, -0.2) is 63.4 Å². The number of methoxy groups -OCH3 is 1. The van der Waals surface area contributed by atoms with Gasteiger partial charge in [-0.25, -0.2) is 8.42 Å². The number of anilines is 1. The minimum absolute atomic E-state index is 0.0356. The van der Waals surface area contributed by atoms with E-state index in [1.165, 1.54) is 13.2 Å². The van der Waals surface area contributed by atoms with Crippen LogP contribution >= 0.6 is 0 Å². The molecule has 7 nitrogen and oxygen atoms in total. The zero-order chi connectivity index (χ0) is 22.5. The van der Waals surface area contributed by atoms with Crippen molar-refractivity contribution in [2.45, 2.75) is 64.3 Å². The molecule has 0 spiro atoms. The van der Waals surface area contributed by atoms with Crippen LogP contribution in [0.2, 0.25) is 0 Å². The van der Waals surface area contributed by atoms with Crippen molar-refractivity contribution < 1.29 is 17.9 Å². The lowest BCUT2D eigenvalue weighted by Crippen LogP contribution is -2.43. The van der Waals surface area contributed by atoms with Gasteiger partial charge in [-0.15, -0.1) is 0 Å². The van der Waals surface area contributed by atoms with E-state index in [2.05, 4.69) is 33.0 Å². The number of hydrogen-bond acceptors (Lipinski definition) is 5. The summed E-state index contributed by atoms with van der Waals surface area (Å²) in [4.78, 5) is 14.8. The van der Waals surface area contributed by atoms with Gasteiger partial charge in [0.2, 0.25) is 15.9 Å². The van der Waals surface area contributed by atoms with Gasteiger partial charge in [0, 0.05) is 19.1 Å². The number of sulfonamides is 1. The van der Waals surface area contributed by atoms with Crippen molar-refractivity contribution >= 4 is 21.6 Å². The van der Waals surface area contributed by atoms with Crippen molar-refractivity contribution in [3.8, 4) is 5.75 Å². The summed E-state index contributed by atoms with van der Waals surface area (Å²) in [5.74, 6) is 0.223. The van der Waals surface area contributed by atoms with Crippen LogP contribution in [0.5, 0.6) is 5.75 Å². The first-order valence-electron chi connectivity index (χ1n) is 10.6. The highest BCUT2D eigenvalue weighted by molar-refractivity contribution is 7.89. The number of hydrogen-bond donors (Lipinski definition) is 1. The van der Waals surface area contributed by atoms with E-state index in [-0.39, 0.29) is 28.8 Å². The van der Waals surface area contributed by atoms with Gasteiger partial charge in [0.05, 0.1) is 24.2 Å². The van der Waals surface area contributed by atoms with Crippen LogP contribution in [0.3, 0.4) is 0 Å². The standard InChI is InChI=1S/C22H37N3O4S/c1-17(22(2,3)4)24(5)16-21(26)23-19-15-18(11-12-20(19)29-6)30(27,28)25-13-9-7-8-10-14-25/h11-12,15,17H,7-10,13-14,16H2,1-6H3,(H,23,26). The third-order valence-corrected chi connectivity index (χ3v) is 7.85. The molecule has 1 heterocycles. The Kier molecular flexibility index (Phi) is 8.30. The normalized spacial score (nSPS) is 17.4. The van der Waals surface area contributed by atoms with Gasteiger partial charge in [0.15, 0.2) is 0 Å². The summed E-state index contributed by atoms with van der Waals surface area (Å²) in [5, 5.41) is 2.84. The molecule has 1 amide bonds. The molecule has 1 atom stereocenters. The number of carbonyl (C=O) groups is 1. The fraction of sp³-hybridized carbons (Fsp3) is 0.682. The van der Waals surface area contributed by atoms with Gasteiger partial charge in [0.25, 0.3) is 0 Å². The second kappa shape index (κ2) is 10.1. The van der Waals surface area contributed by atoms with Crippen molar-refractivity contribution in [1.29, 1.82) is 0 Å². The number of nitrogens with one attached hydrogen (secondary N) is 1. The third-order valence-electron chi connectivity index (χ3n) is 5.96. The van der Waals surface area contributed by atoms with Crippen molar-refractivity contribution in [3.05, 3.63) is 18.2 Å². The summed E-state index contributed by atoms with van der Waals surface area (Å²) in [6.07, 6.45) is 3.85. The average Bonchev–Trinajstić information content (AvgIpc) is 2.96. The number of benzene rings is 1. The van der Waals surface area contributed by atoms with E-state index >= 15 is 0 Å². The molecule has 170 valence electrons. The van der Waals surface area contributed by atoms with E-state index in [1.54, 1.807) is 16.4 Å². The van der Waals surface area contributed by atoms with Crippen LogP contribution in [0, 0.1) is 5.41 Å². The molecule has 30 heavy (non-hydrogen) atoms. The SMILES string of the molecule is COc1ccc(S(=O)(=O)N2CCCCCC2)cc1NC(=O)CN(C)C(C)C(C)(C)C. The van der Waals surface area contributed by atoms with Gasteiger partial charge in [-0.3, -0.25) is 9.69 Å². The molecule has 0 bridgehead atoms. The molecular weight excluding hydrogens is 402 g/mol. The molecule has 0 saturated carbocycles. The molecule has 1 aromatic rings. The summed E-state index contributed by atoms with van der Waals surface area (Å²) in [5.41, 5.74) is 0.406. The Morgan fingerprint density at radius 2 is 1.80 bits per heavy atom. The van der Waals surface area contributed by atoms with Crippen molar-refractivity contribution in [3.63, 3.8) is 0 Å². The Hall–Kier alpha value is -1.64. The van der Waals surface area contributed by atoms with Gasteiger partial charge in [-0.1, -0.05) is 33.6 Å². The highest BCUT2D eigenvalue weighted by Crippen LogP contribution is 2.30. The molecule has 1 aliphatic rings. The predicted molar refractivity (Wildman–Crippen MR) is 120 cm³/mol. The van der Waals surface area contributed by atoms with E-state index in [1.807, 2.05) is 11.9 Å². The monoisotopic (exact) mass is 439 g/mol. The Morgan fingerprint density at radius 3 is 2.33 bits per heavy atom. The maximum absolute atomic E-state index is 13.1. The molecule has 1 N–H and O–H groups in total. The second-order valence-corrected chi connectivity index (χ2v) is 11.1. The first kappa shape index (κ1) is 24.6.